The molecule has 11 atom stereocenters. The van der Waals surface area contributed by atoms with Crippen LogP contribution in [0.1, 0.15) is 131 Å². The van der Waals surface area contributed by atoms with Gasteiger partial charge in [0.25, 0.3) is 0 Å². The lowest BCUT2D eigenvalue weighted by molar-refractivity contribution is -0.218. The third-order valence-electron chi connectivity index (χ3n) is 17.7. The average molecular weight is 655 g/mol. The molecule has 8 aliphatic carbocycles. The van der Waals surface area contributed by atoms with Gasteiger partial charge in [0.2, 0.25) is 0 Å². The number of rotatable bonds is 6. The molecule has 0 aromatic carbocycles. The van der Waals surface area contributed by atoms with E-state index in [0.717, 1.165) is 60.8 Å². The van der Waals surface area contributed by atoms with Gasteiger partial charge in [-0.15, -0.1) is 0 Å². The van der Waals surface area contributed by atoms with Gasteiger partial charge < -0.3 is 4.74 Å². The van der Waals surface area contributed by atoms with Crippen molar-refractivity contribution in [1.82, 2.24) is 0 Å². The molecule has 0 aromatic heterocycles. The second kappa shape index (κ2) is 11.0. The summed E-state index contributed by atoms with van der Waals surface area (Å²) in [6, 6.07) is 0. The maximum absolute atomic E-state index is 14.7. The van der Waals surface area contributed by atoms with Crippen LogP contribution >= 0.6 is 0 Å². The van der Waals surface area contributed by atoms with Crippen LogP contribution in [-0.4, -0.2) is 19.3 Å². The number of hydrogen-bond donors (Lipinski definition) is 0. The molecule has 1 spiro atoms. The van der Waals surface area contributed by atoms with Crippen molar-refractivity contribution in [2.75, 3.05) is 13.3 Å². The minimum absolute atomic E-state index is 0.0594. The van der Waals surface area contributed by atoms with Crippen molar-refractivity contribution >= 4 is 5.97 Å². The first-order chi connectivity index (χ1) is 22.8. The highest BCUT2D eigenvalue weighted by atomic mass is 19.1. The molecule has 48 heavy (non-hydrogen) atoms. The lowest BCUT2D eigenvalue weighted by Gasteiger charge is -2.71. The van der Waals surface area contributed by atoms with E-state index in [1.165, 1.54) is 68.1 Å². The summed E-state index contributed by atoms with van der Waals surface area (Å²) in [5.74, 6) is 4.48. The van der Waals surface area contributed by atoms with Gasteiger partial charge in [-0.05, 0) is 176 Å². The SMILES string of the molecule is C=C(C)[C@@H]1CC[C@]23CC2C[C@]2(C)[C@H](CC[C@@H]4[C@@]5(C)CC=C(C6=CC[C@](CF)(C(=O)OCC7=CC=CCC7)CC6)C(C)(C)[C@@H]5CC[C@]42C)[C@@H]13. The van der Waals surface area contributed by atoms with Crippen molar-refractivity contribution in [3.8, 4) is 0 Å². The Labute approximate surface area is 291 Å². The molecule has 0 heterocycles. The van der Waals surface area contributed by atoms with E-state index in [0.29, 0.717) is 40.4 Å². The maximum atomic E-state index is 14.7. The number of halogens is 1. The van der Waals surface area contributed by atoms with Crippen molar-refractivity contribution in [3.63, 3.8) is 0 Å². The first kappa shape index (κ1) is 33.3. The van der Waals surface area contributed by atoms with Crippen LogP contribution in [0.15, 0.2) is 59.3 Å². The van der Waals surface area contributed by atoms with Gasteiger partial charge in [-0.2, -0.15) is 0 Å². The Bertz CT molecular complexity index is 1510. The van der Waals surface area contributed by atoms with E-state index in [9.17, 15) is 9.18 Å². The number of carbonyl (C=O) groups is 1. The fourth-order valence-electron chi connectivity index (χ4n) is 15.0. The molecule has 0 aliphatic heterocycles. The van der Waals surface area contributed by atoms with Crippen molar-refractivity contribution in [2.45, 2.75) is 131 Å². The minimum Gasteiger partial charge on any atom is -0.461 e. The molecule has 0 saturated heterocycles. The second-order valence-electron chi connectivity index (χ2n) is 19.8. The van der Waals surface area contributed by atoms with Gasteiger partial charge in [-0.25, -0.2) is 4.39 Å². The Morgan fingerprint density at radius 1 is 0.938 bits per heavy atom. The first-order valence-electron chi connectivity index (χ1n) is 19.9. The number of allylic oxidation sites excluding steroid dienone is 8. The standard InChI is InChI=1S/C45H63FO2/c1-29(2)33-17-24-45-26-32(45)25-43(7)35(38(33)45)13-14-37-41(5)20-18-34(40(3,4)36(41)19-21-42(37,43)6)31-15-22-44(28-46,23-16-31)39(47)48-27-30-11-9-8-10-12-30/h8-9,11,15,18,32-33,35-38H,1,10,12-14,16-17,19-28H2,2-7H3/t32?,33-,35+,36-,37+,38+,41-,42+,43+,44-,45-/m0/s1. The Morgan fingerprint density at radius 3 is 2.44 bits per heavy atom. The van der Waals surface area contributed by atoms with E-state index in [1.54, 1.807) is 0 Å². The van der Waals surface area contributed by atoms with Gasteiger partial charge in [0.05, 0.1) is 5.41 Å². The zero-order valence-electron chi connectivity index (χ0n) is 31.1. The molecule has 2 nitrogen and oxygen atoms in total. The van der Waals surface area contributed by atoms with E-state index >= 15 is 0 Å². The quantitative estimate of drug-likeness (QED) is 0.210. The summed E-state index contributed by atoms with van der Waals surface area (Å²) >= 11 is 0. The number of ether oxygens (including phenoxy) is 1. The monoisotopic (exact) mass is 654 g/mol. The molecule has 8 rings (SSSR count). The van der Waals surface area contributed by atoms with Crippen LogP contribution in [0.25, 0.3) is 0 Å². The zero-order chi connectivity index (χ0) is 33.9. The van der Waals surface area contributed by atoms with Crippen molar-refractivity contribution in [2.24, 2.45) is 68.0 Å². The Morgan fingerprint density at radius 2 is 1.75 bits per heavy atom. The molecule has 0 bridgehead atoms. The normalized spacial score (nSPS) is 48.4. The van der Waals surface area contributed by atoms with Crippen LogP contribution in [0.4, 0.5) is 4.39 Å². The number of carbonyl (C=O) groups excluding carboxylic acids is 1. The van der Waals surface area contributed by atoms with E-state index in [2.05, 4.69) is 66.3 Å². The fourth-order valence-corrected chi connectivity index (χ4v) is 15.0. The Balaban J connectivity index is 1.03. The van der Waals surface area contributed by atoms with Gasteiger partial charge in [-0.1, -0.05) is 77.2 Å². The molecule has 5 saturated carbocycles. The molecule has 0 radical (unpaired) electrons. The summed E-state index contributed by atoms with van der Waals surface area (Å²) in [5, 5.41) is 0. The lowest BCUT2D eigenvalue weighted by Crippen LogP contribution is -2.64. The smallest absolute Gasteiger partial charge is 0.315 e. The molecular formula is C45H63FO2. The van der Waals surface area contributed by atoms with Crippen LogP contribution in [0, 0.1) is 68.0 Å². The zero-order valence-corrected chi connectivity index (χ0v) is 31.1. The molecule has 3 heteroatoms. The third kappa shape index (κ3) is 4.42. The van der Waals surface area contributed by atoms with E-state index in [-0.39, 0.29) is 18.0 Å². The number of alkyl halides is 1. The average Bonchev–Trinajstić information content (AvgIpc) is 3.62. The van der Waals surface area contributed by atoms with E-state index in [4.69, 9.17) is 4.74 Å². The summed E-state index contributed by atoms with van der Waals surface area (Å²) in [4.78, 5) is 13.3. The van der Waals surface area contributed by atoms with Crippen LogP contribution < -0.4 is 0 Å². The Hall–Kier alpha value is -1.90. The minimum atomic E-state index is -1.04. The van der Waals surface area contributed by atoms with Gasteiger partial charge in [0.15, 0.2) is 0 Å². The van der Waals surface area contributed by atoms with E-state index in [1.807, 2.05) is 12.2 Å². The van der Waals surface area contributed by atoms with Crippen LogP contribution in [0.3, 0.4) is 0 Å². The van der Waals surface area contributed by atoms with Crippen molar-refractivity contribution < 1.29 is 13.9 Å². The highest BCUT2D eigenvalue weighted by Crippen LogP contribution is 2.83. The molecule has 1 unspecified atom stereocenters. The van der Waals surface area contributed by atoms with Crippen molar-refractivity contribution in [3.05, 3.63) is 59.3 Å². The van der Waals surface area contributed by atoms with Crippen molar-refractivity contribution in [1.29, 1.82) is 0 Å². The summed E-state index contributed by atoms with van der Waals surface area (Å²) in [5.41, 5.74) is 6.23. The molecule has 0 N–H and O–H groups in total. The summed E-state index contributed by atoms with van der Waals surface area (Å²) in [6.07, 6.45) is 27.1. The summed E-state index contributed by atoms with van der Waals surface area (Å²) in [7, 11) is 0. The molecule has 5 fully saturated rings. The molecule has 0 amide bonds. The van der Waals surface area contributed by atoms with Gasteiger partial charge >= 0.3 is 5.97 Å². The fraction of sp³-hybridized carbons (Fsp3) is 0.756. The topological polar surface area (TPSA) is 26.3 Å². The van der Waals surface area contributed by atoms with Gasteiger partial charge in [0.1, 0.15) is 13.3 Å². The summed E-state index contributed by atoms with van der Waals surface area (Å²) in [6.45, 7) is 19.8. The number of fused-ring (bicyclic) bond motifs is 6. The van der Waals surface area contributed by atoms with E-state index < -0.39 is 12.1 Å². The van der Waals surface area contributed by atoms with Crippen LogP contribution in [0.5, 0.6) is 0 Å². The first-order valence-corrected chi connectivity index (χ1v) is 19.9. The molecule has 0 aromatic rings. The van der Waals surface area contributed by atoms with Crippen LogP contribution in [0.2, 0.25) is 0 Å². The lowest BCUT2D eigenvalue weighted by atomic mass is 9.33. The predicted molar refractivity (Wildman–Crippen MR) is 194 cm³/mol. The van der Waals surface area contributed by atoms with Crippen LogP contribution in [-0.2, 0) is 9.53 Å². The predicted octanol–water partition coefficient (Wildman–Crippen LogP) is 11.7. The second-order valence-corrected chi connectivity index (χ2v) is 19.8. The molecule has 8 aliphatic rings. The Kier molecular flexibility index (Phi) is 7.65. The highest BCUT2D eigenvalue weighted by Gasteiger charge is 2.76. The largest absolute Gasteiger partial charge is 0.461 e. The highest BCUT2D eigenvalue weighted by molar-refractivity contribution is 5.78. The molecule has 262 valence electrons. The third-order valence-corrected chi connectivity index (χ3v) is 17.7. The maximum Gasteiger partial charge on any atom is 0.315 e. The number of esters is 1. The van der Waals surface area contributed by atoms with Gasteiger partial charge in [-0.3, -0.25) is 4.79 Å². The number of hydrogen-bond acceptors (Lipinski definition) is 2. The molecular weight excluding hydrogens is 591 g/mol. The summed E-state index contributed by atoms with van der Waals surface area (Å²) < 4.78 is 20.4. The van der Waals surface area contributed by atoms with Gasteiger partial charge in [0, 0.05) is 0 Å².